The van der Waals surface area contributed by atoms with Crippen LogP contribution < -0.4 is 0 Å². The molecule has 2 atom stereocenters. The average Bonchev–Trinajstić information content (AvgIpc) is 3.34. The van der Waals surface area contributed by atoms with Gasteiger partial charge in [0, 0.05) is 70.7 Å². The van der Waals surface area contributed by atoms with Gasteiger partial charge in [-0.25, -0.2) is 8.42 Å². The minimum atomic E-state index is -3.75. The lowest BCUT2D eigenvalue weighted by atomic mass is 9.99. The van der Waals surface area contributed by atoms with E-state index in [1.54, 1.807) is 18.2 Å². The Morgan fingerprint density at radius 1 is 1.13 bits per heavy atom. The summed E-state index contributed by atoms with van der Waals surface area (Å²) in [6.07, 6.45) is 2.84. The predicted molar refractivity (Wildman–Crippen MR) is 116 cm³/mol. The van der Waals surface area contributed by atoms with E-state index in [1.165, 1.54) is 22.0 Å². The number of β-amino-alcohol motifs (C(OH)–C–C–N with tert-alkyl or cyclic N) is 2. The first-order valence-electron chi connectivity index (χ1n) is 10.7. The molecule has 170 valence electrons. The summed E-state index contributed by atoms with van der Waals surface area (Å²) in [5.41, 5.74) is -0.298. The molecule has 10 heteroatoms. The summed E-state index contributed by atoms with van der Waals surface area (Å²) < 4.78 is 28.9. The third-order valence-corrected chi connectivity index (χ3v) is 8.03. The molecule has 0 aliphatic carbocycles. The molecule has 9 nitrogen and oxygen atoms in total. The van der Waals surface area contributed by atoms with Crippen LogP contribution in [0.1, 0.15) is 12.5 Å². The van der Waals surface area contributed by atoms with Crippen molar-refractivity contribution in [3.05, 3.63) is 48.3 Å². The third-order valence-electron chi connectivity index (χ3n) is 6.21. The van der Waals surface area contributed by atoms with Crippen LogP contribution in [0, 0.1) is 0 Å². The van der Waals surface area contributed by atoms with Crippen LogP contribution in [0.2, 0.25) is 0 Å². The highest BCUT2D eigenvalue weighted by molar-refractivity contribution is 7.89. The lowest BCUT2D eigenvalue weighted by Gasteiger charge is -2.38. The van der Waals surface area contributed by atoms with Crippen LogP contribution in [0.3, 0.4) is 0 Å². The zero-order valence-corrected chi connectivity index (χ0v) is 18.7. The van der Waals surface area contributed by atoms with Gasteiger partial charge in [0.05, 0.1) is 17.2 Å². The number of hydrogen-bond acceptors (Lipinski definition) is 7. The third kappa shape index (κ3) is 4.84. The van der Waals surface area contributed by atoms with Gasteiger partial charge < -0.3 is 10.2 Å². The first kappa shape index (κ1) is 22.4. The van der Waals surface area contributed by atoms with Crippen molar-refractivity contribution < 1.29 is 18.6 Å². The Morgan fingerprint density at radius 2 is 1.81 bits per heavy atom. The minimum absolute atomic E-state index is 0.102. The maximum atomic E-state index is 12.9. The molecule has 0 amide bonds. The molecule has 0 spiro atoms. The number of aryl methyl sites for hydroxylation is 1. The molecule has 4 rings (SSSR count). The van der Waals surface area contributed by atoms with E-state index in [4.69, 9.17) is 0 Å². The highest BCUT2D eigenvalue weighted by Crippen LogP contribution is 2.29. The molecular formula is C21H31N5O4S. The number of piperazine rings is 1. The van der Waals surface area contributed by atoms with Crippen molar-refractivity contribution in [2.45, 2.75) is 36.6 Å². The van der Waals surface area contributed by atoms with E-state index in [0.717, 1.165) is 39.3 Å². The van der Waals surface area contributed by atoms with Gasteiger partial charge in [-0.2, -0.15) is 9.40 Å². The van der Waals surface area contributed by atoms with Crippen molar-refractivity contribution >= 4 is 10.0 Å². The van der Waals surface area contributed by atoms with Gasteiger partial charge in [-0.15, -0.1) is 0 Å². The van der Waals surface area contributed by atoms with Gasteiger partial charge in [0.2, 0.25) is 10.0 Å². The molecule has 1 aromatic heterocycles. The van der Waals surface area contributed by atoms with Crippen molar-refractivity contribution in [1.29, 1.82) is 0 Å². The molecule has 1 aromatic carbocycles. The number of aliphatic hydroxyl groups excluding tert-OH is 1. The van der Waals surface area contributed by atoms with E-state index in [9.17, 15) is 18.6 Å². The zero-order valence-electron chi connectivity index (χ0n) is 17.8. The minimum Gasteiger partial charge on any atom is -0.389 e. The number of aliphatic hydroxyl groups is 2. The fraction of sp³-hybridized carbons (Fsp3) is 0.571. The Morgan fingerprint density at radius 3 is 2.45 bits per heavy atom. The maximum absolute atomic E-state index is 12.9. The summed E-state index contributed by atoms with van der Waals surface area (Å²) >= 11 is 0. The SMILES string of the molecule is CCn1cc(CN2CCN(C[C@]3(O)CN(S(=O)(=O)c4ccccc4)C[C@H]3O)CC2)cn1. The van der Waals surface area contributed by atoms with Crippen LogP contribution in [0.15, 0.2) is 47.6 Å². The number of nitrogens with zero attached hydrogens (tertiary/aromatic N) is 5. The fourth-order valence-electron chi connectivity index (χ4n) is 4.33. The van der Waals surface area contributed by atoms with Crippen molar-refractivity contribution in [3.63, 3.8) is 0 Å². The van der Waals surface area contributed by atoms with Crippen LogP contribution in [0.5, 0.6) is 0 Å². The molecule has 2 fully saturated rings. The highest BCUT2D eigenvalue weighted by Gasteiger charge is 2.49. The van der Waals surface area contributed by atoms with E-state index in [1.807, 2.05) is 10.9 Å². The molecule has 0 saturated carbocycles. The average molecular weight is 450 g/mol. The lowest BCUT2D eigenvalue weighted by Crippen LogP contribution is -2.56. The first-order valence-corrected chi connectivity index (χ1v) is 12.2. The monoisotopic (exact) mass is 449 g/mol. The summed E-state index contributed by atoms with van der Waals surface area (Å²) in [5, 5.41) is 25.9. The molecule has 0 radical (unpaired) electrons. The fourth-order valence-corrected chi connectivity index (χ4v) is 5.86. The number of benzene rings is 1. The summed E-state index contributed by atoms with van der Waals surface area (Å²) in [7, 11) is -3.75. The van der Waals surface area contributed by atoms with Crippen LogP contribution in [-0.4, -0.2) is 100 Å². The largest absolute Gasteiger partial charge is 0.389 e. The molecule has 0 bridgehead atoms. The second-order valence-electron chi connectivity index (χ2n) is 8.49. The summed E-state index contributed by atoms with van der Waals surface area (Å²) in [6.45, 7) is 6.97. The Balaban J connectivity index is 1.33. The van der Waals surface area contributed by atoms with Gasteiger partial charge in [0.25, 0.3) is 0 Å². The van der Waals surface area contributed by atoms with Gasteiger partial charge in [-0.3, -0.25) is 14.5 Å². The predicted octanol–water partition coefficient (Wildman–Crippen LogP) is -0.183. The smallest absolute Gasteiger partial charge is 0.243 e. The lowest BCUT2D eigenvalue weighted by molar-refractivity contribution is -0.0670. The molecule has 3 heterocycles. The van der Waals surface area contributed by atoms with Crippen molar-refractivity contribution in [1.82, 2.24) is 23.9 Å². The van der Waals surface area contributed by atoms with E-state index in [-0.39, 0.29) is 24.5 Å². The van der Waals surface area contributed by atoms with Crippen LogP contribution in [0.4, 0.5) is 0 Å². The first-order chi connectivity index (χ1) is 14.8. The number of aromatic nitrogens is 2. The summed E-state index contributed by atoms with van der Waals surface area (Å²) in [5.74, 6) is 0. The van der Waals surface area contributed by atoms with Crippen molar-refractivity contribution in [3.8, 4) is 0 Å². The molecule has 2 saturated heterocycles. The van der Waals surface area contributed by atoms with Crippen LogP contribution >= 0.6 is 0 Å². The summed E-state index contributed by atoms with van der Waals surface area (Å²) in [6, 6.07) is 8.14. The van der Waals surface area contributed by atoms with E-state index in [0.29, 0.717) is 0 Å². The normalized spacial score (nSPS) is 26.5. The molecule has 2 aromatic rings. The Kier molecular flexibility index (Phi) is 6.47. The maximum Gasteiger partial charge on any atom is 0.243 e. The topological polar surface area (TPSA) is 102 Å². The highest BCUT2D eigenvalue weighted by atomic mass is 32.2. The van der Waals surface area contributed by atoms with Crippen LogP contribution in [-0.2, 0) is 23.1 Å². The van der Waals surface area contributed by atoms with E-state index in [2.05, 4.69) is 28.0 Å². The Labute approximate surface area is 183 Å². The molecule has 0 unspecified atom stereocenters. The van der Waals surface area contributed by atoms with Gasteiger partial charge in [-0.1, -0.05) is 18.2 Å². The Bertz CT molecular complexity index is 975. The van der Waals surface area contributed by atoms with Gasteiger partial charge >= 0.3 is 0 Å². The van der Waals surface area contributed by atoms with Gasteiger partial charge in [0.1, 0.15) is 5.60 Å². The number of sulfonamides is 1. The summed E-state index contributed by atoms with van der Waals surface area (Å²) in [4.78, 5) is 4.62. The van der Waals surface area contributed by atoms with Crippen molar-refractivity contribution in [2.24, 2.45) is 0 Å². The second-order valence-corrected chi connectivity index (χ2v) is 10.4. The second kappa shape index (κ2) is 8.97. The quantitative estimate of drug-likeness (QED) is 0.604. The standard InChI is InChI=1S/C21H31N5O4S/c1-2-25-14-18(12-22-25)13-23-8-10-24(11-9-23)16-21(28)17-26(15-20(21)27)31(29,30)19-6-4-3-5-7-19/h3-7,12,14,20,27-28H,2,8-11,13,15-17H2,1H3/t20-,21+/m1/s1. The molecule has 31 heavy (non-hydrogen) atoms. The molecular weight excluding hydrogens is 418 g/mol. The molecule has 2 N–H and O–H groups in total. The van der Waals surface area contributed by atoms with E-state index < -0.39 is 21.7 Å². The zero-order chi connectivity index (χ0) is 22.1. The van der Waals surface area contributed by atoms with Gasteiger partial charge in [-0.05, 0) is 19.1 Å². The molecule has 2 aliphatic heterocycles. The number of rotatable bonds is 7. The van der Waals surface area contributed by atoms with Gasteiger partial charge in [0.15, 0.2) is 0 Å². The van der Waals surface area contributed by atoms with Crippen molar-refractivity contribution in [2.75, 3.05) is 45.8 Å². The van der Waals surface area contributed by atoms with Crippen LogP contribution in [0.25, 0.3) is 0 Å². The van der Waals surface area contributed by atoms with E-state index >= 15 is 0 Å². The Hall–Kier alpha value is -1.82. The molecule has 2 aliphatic rings. The number of hydrogen-bond donors (Lipinski definition) is 2.